The Balaban J connectivity index is 1.74. The number of halogens is 1. The van der Waals surface area contributed by atoms with Crippen molar-refractivity contribution in [2.45, 2.75) is 13.5 Å². The molecule has 1 amide bonds. The van der Waals surface area contributed by atoms with Gasteiger partial charge in [0.2, 0.25) is 0 Å². The first-order valence-electron chi connectivity index (χ1n) is 5.84. The Hall–Kier alpha value is -1.08. The van der Waals surface area contributed by atoms with Crippen LogP contribution < -0.4 is 10.1 Å². The lowest BCUT2D eigenvalue weighted by Gasteiger charge is -2.06. The lowest BCUT2D eigenvalue weighted by molar-refractivity contribution is -0.123. The molecule has 0 aliphatic carbocycles. The van der Waals surface area contributed by atoms with Gasteiger partial charge in [0.25, 0.3) is 5.91 Å². The van der Waals surface area contributed by atoms with Crippen molar-refractivity contribution in [3.8, 4) is 5.75 Å². The van der Waals surface area contributed by atoms with Crippen molar-refractivity contribution in [3.63, 3.8) is 0 Å². The smallest absolute Gasteiger partial charge is 0.258 e. The van der Waals surface area contributed by atoms with Gasteiger partial charge in [0, 0.05) is 13.3 Å². The van der Waals surface area contributed by atoms with Crippen molar-refractivity contribution in [3.05, 3.63) is 49.7 Å². The lowest BCUT2D eigenvalue weighted by atomic mass is 10.3. The van der Waals surface area contributed by atoms with Crippen LogP contribution in [0, 0.1) is 10.5 Å². The van der Waals surface area contributed by atoms with Crippen molar-refractivity contribution < 1.29 is 9.53 Å². The number of aryl methyl sites for hydroxylation is 1. The van der Waals surface area contributed by atoms with Gasteiger partial charge in [0.05, 0.1) is 6.54 Å². The van der Waals surface area contributed by atoms with Gasteiger partial charge in [-0.15, -0.1) is 11.3 Å². The van der Waals surface area contributed by atoms with Crippen LogP contribution in [0.2, 0.25) is 0 Å². The molecule has 5 heteroatoms. The molecule has 0 aliphatic rings. The van der Waals surface area contributed by atoms with E-state index in [1.54, 1.807) is 11.3 Å². The molecule has 0 fully saturated rings. The zero-order valence-corrected chi connectivity index (χ0v) is 13.5. The van der Waals surface area contributed by atoms with E-state index in [-0.39, 0.29) is 12.5 Å². The van der Waals surface area contributed by atoms with Crippen LogP contribution in [0.15, 0.2) is 36.4 Å². The molecule has 0 saturated heterocycles. The largest absolute Gasteiger partial charge is 0.484 e. The van der Waals surface area contributed by atoms with Crippen molar-refractivity contribution in [2.24, 2.45) is 0 Å². The summed E-state index contributed by atoms with van der Waals surface area (Å²) in [6.07, 6.45) is 0. The van der Waals surface area contributed by atoms with Crippen LogP contribution in [0.25, 0.3) is 0 Å². The molecule has 1 N–H and O–H groups in total. The van der Waals surface area contributed by atoms with Gasteiger partial charge in [-0.2, -0.15) is 0 Å². The Morgan fingerprint density at radius 1 is 1.26 bits per heavy atom. The summed E-state index contributed by atoms with van der Waals surface area (Å²) >= 11 is 3.92. The molecule has 1 aromatic carbocycles. The van der Waals surface area contributed by atoms with E-state index in [2.05, 4.69) is 34.8 Å². The quantitative estimate of drug-likeness (QED) is 0.800. The van der Waals surface area contributed by atoms with Crippen LogP contribution in [-0.2, 0) is 11.3 Å². The highest BCUT2D eigenvalue weighted by atomic mass is 127. The van der Waals surface area contributed by atoms with Gasteiger partial charge in [-0.3, -0.25) is 4.79 Å². The minimum absolute atomic E-state index is 0.0466. The van der Waals surface area contributed by atoms with Crippen molar-refractivity contribution in [2.75, 3.05) is 6.61 Å². The lowest BCUT2D eigenvalue weighted by Crippen LogP contribution is -2.28. The summed E-state index contributed by atoms with van der Waals surface area (Å²) in [5, 5.41) is 2.84. The zero-order valence-electron chi connectivity index (χ0n) is 10.5. The van der Waals surface area contributed by atoms with Gasteiger partial charge in [0.15, 0.2) is 6.61 Å². The highest BCUT2D eigenvalue weighted by molar-refractivity contribution is 14.1. The predicted octanol–water partition coefficient (Wildman–Crippen LogP) is 3.36. The SMILES string of the molecule is Cc1ccc(CNC(=O)COc2ccc(I)cc2)s1. The van der Waals surface area contributed by atoms with Crippen LogP contribution in [-0.4, -0.2) is 12.5 Å². The van der Waals surface area contributed by atoms with Crippen molar-refractivity contribution in [1.29, 1.82) is 0 Å². The number of hydrogen-bond donors (Lipinski definition) is 1. The van der Waals surface area contributed by atoms with E-state index in [1.807, 2.05) is 36.4 Å². The van der Waals surface area contributed by atoms with Crippen molar-refractivity contribution in [1.82, 2.24) is 5.32 Å². The maximum Gasteiger partial charge on any atom is 0.258 e. The Bertz CT molecular complexity index is 551. The molecule has 1 heterocycles. The number of nitrogens with one attached hydrogen (secondary N) is 1. The fraction of sp³-hybridized carbons (Fsp3) is 0.214. The van der Waals surface area contributed by atoms with Gasteiger partial charge >= 0.3 is 0 Å². The summed E-state index contributed by atoms with van der Waals surface area (Å²) in [5.74, 6) is 0.604. The van der Waals surface area contributed by atoms with E-state index in [0.717, 1.165) is 8.45 Å². The van der Waals surface area contributed by atoms with Crippen LogP contribution in [0.1, 0.15) is 9.75 Å². The van der Waals surface area contributed by atoms with Crippen LogP contribution >= 0.6 is 33.9 Å². The second-order valence-corrected chi connectivity index (χ2v) is 6.65. The van der Waals surface area contributed by atoms with Gasteiger partial charge < -0.3 is 10.1 Å². The summed E-state index contributed by atoms with van der Waals surface area (Å²) in [4.78, 5) is 14.0. The van der Waals surface area contributed by atoms with Crippen LogP contribution in [0.3, 0.4) is 0 Å². The Morgan fingerprint density at radius 2 is 2.00 bits per heavy atom. The maximum atomic E-state index is 11.6. The molecule has 0 aliphatic heterocycles. The van der Waals surface area contributed by atoms with Gasteiger partial charge in [-0.25, -0.2) is 0 Å². The van der Waals surface area contributed by atoms with E-state index in [4.69, 9.17) is 4.74 Å². The van der Waals surface area contributed by atoms with E-state index >= 15 is 0 Å². The summed E-state index contributed by atoms with van der Waals surface area (Å²) in [5.41, 5.74) is 0. The maximum absolute atomic E-state index is 11.6. The molecule has 0 radical (unpaired) electrons. The molecule has 3 nitrogen and oxygen atoms in total. The van der Waals surface area contributed by atoms with E-state index < -0.39 is 0 Å². The average molecular weight is 387 g/mol. The molecule has 0 unspecified atom stereocenters. The molecule has 0 atom stereocenters. The fourth-order valence-corrected chi connectivity index (χ4v) is 2.69. The highest BCUT2D eigenvalue weighted by Gasteiger charge is 2.04. The Morgan fingerprint density at radius 3 is 2.63 bits per heavy atom. The monoisotopic (exact) mass is 387 g/mol. The van der Waals surface area contributed by atoms with Crippen LogP contribution in [0.5, 0.6) is 5.75 Å². The topological polar surface area (TPSA) is 38.3 Å². The molecule has 1 aromatic heterocycles. The summed E-state index contributed by atoms with van der Waals surface area (Å²) in [7, 11) is 0. The summed E-state index contributed by atoms with van der Waals surface area (Å²) in [6.45, 7) is 2.66. The fourth-order valence-electron chi connectivity index (χ4n) is 1.50. The molecular formula is C14H14INO2S. The number of amides is 1. The third-order valence-corrected chi connectivity index (χ3v) is 4.16. The number of benzene rings is 1. The van der Waals surface area contributed by atoms with Crippen LogP contribution in [0.4, 0.5) is 0 Å². The average Bonchev–Trinajstić information content (AvgIpc) is 2.81. The Labute approximate surface area is 130 Å². The summed E-state index contributed by atoms with van der Waals surface area (Å²) < 4.78 is 6.55. The number of thiophene rings is 1. The number of hydrogen-bond acceptors (Lipinski definition) is 3. The third-order valence-electron chi connectivity index (χ3n) is 2.44. The van der Waals surface area contributed by atoms with Gasteiger partial charge in [0.1, 0.15) is 5.75 Å². The first kappa shape index (κ1) is 14.3. The van der Waals surface area contributed by atoms with E-state index in [1.165, 1.54) is 4.88 Å². The number of ether oxygens (including phenoxy) is 1. The number of rotatable bonds is 5. The number of carbonyl (C=O) groups excluding carboxylic acids is 1. The molecular weight excluding hydrogens is 373 g/mol. The minimum atomic E-state index is -0.107. The highest BCUT2D eigenvalue weighted by Crippen LogP contribution is 2.15. The second kappa shape index (κ2) is 6.91. The van der Waals surface area contributed by atoms with E-state index in [9.17, 15) is 4.79 Å². The summed E-state index contributed by atoms with van der Waals surface area (Å²) in [6, 6.07) is 11.7. The molecule has 100 valence electrons. The molecule has 0 spiro atoms. The molecule has 2 aromatic rings. The predicted molar refractivity (Wildman–Crippen MR) is 85.6 cm³/mol. The first-order chi connectivity index (χ1) is 9.13. The zero-order chi connectivity index (χ0) is 13.7. The van der Waals surface area contributed by atoms with E-state index in [0.29, 0.717) is 12.3 Å². The number of carbonyl (C=O) groups is 1. The van der Waals surface area contributed by atoms with Crippen molar-refractivity contribution >= 4 is 39.8 Å². The minimum Gasteiger partial charge on any atom is -0.484 e. The van der Waals surface area contributed by atoms with Gasteiger partial charge in [-0.05, 0) is 65.9 Å². The molecule has 0 saturated carbocycles. The first-order valence-corrected chi connectivity index (χ1v) is 7.73. The molecule has 19 heavy (non-hydrogen) atoms. The Kier molecular flexibility index (Phi) is 5.21. The third kappa shape index (κ3) is 4.83. The van der Waals surface area contributed by atoms with Gasteiger partial charge in [-0.1, -0.05) is 0 Å². The normalized spacial score (nSPS) is 10.2. The molecule has 2 rings (SSSR count). The molecule has 0 bridgehead atoms. The second-order valence-electron chi connectivity index (χ2n) is 4.03. The standard InChI is InChI=1S/C14H14INO2S/c1-10-2-7-13(19-10)8-16-14(17)9-18-12-5-3-11(15)4-6-12/h2-7H,8-9H2,1H3,(H,16,17).